The van der Waals surface area contributed by atoms with Crippen LogP contribution in [0.5, 0.6) is 0 Å². The fourth-order valence-corrected chi connectivity index (χ4v) is 2.57. The van der Waals surface area contributed by atoms with Crippen molar-refractivity contribution in [3.8, 4) is 6.07 Å². The van der Waals surface area contributed by atoms with E-state index in [0.29, 0.717) is 10.6 Å². The van der Waals surface area contributed by atoms with E-state index < -0.39 is 21.3 Å². The first-order valence-corrected chi connectivity index (χ1v) is 6.96. The predicted molar refractivity (Wildman–Crippen MR) is 67.0 cm³/mol. The van der Waals surface area contributed by atoms with Crippen LogP contribution in [0.15, 0.2) is 24.3 Å². The van der Waals surface area contributed by atoms with Crippen LogP contribution in [-0.4, -0.2) is 13.7 Å². The summed E-state index contributed by atoms with van der Waals surface area (Å²) in [6.07, 6.45) is 0. The zero-order chi connectivity index (χ0) is 13.1. The summed E-state index contributed by atoms with van der Waals surface area (Å²) in [6, 6.07) is 8.20. The third-order valence-corrected chi connectivity index (χ3v) is 4.42. The Labute approximate surface area is 106 Å². The molecule has 0 amide bonds. The Morgan fingerprint density at radius 3 is 2.47 bits per heavy atom. The molecule has 2 atom stereocenters. The second-order valence-corrected chi connectivity index (χ2v) is 6.12. The lowest BCUT2D eigenvalue weighted by molar-refractivity contribution is 0.562. The molecule has 0 heterocycles. The van der Waals surface area contributed by atoms with Gasteiger partial charge in [0.25, 0.3) is 0 Å². The highest BCUT2D eigenvalue weighted by Crippen LogP contribution is 2.23. The summed E-state index contributed by atoms with van der Waals surface area (Å²) in [5.74, 6) is 0. The van der Waals surface area contributed by atoms with E-state index in [1.165, 1.54) is 6.92 Å². The normalized spacial score (nSPS) is 14.9. The van der Waals surface area contributed by atoms with Gasteiger partial charge in [-0.3, -0.25) is 0 Å². The molecule has 0 saturated heterocycles. The molecule has 0 radical (unpaired) electrons. The first kappa shape index (κ1) is 14.0. The van der Waals surface area contributed by atoms with Gasteiger partial charge in [-0.15, -0.1) is 0 Å². The predicted octanol–water partition coefficient (Wildman–Crippen LogP) is 2.23. The van der Waals surface area contributed by atoms with Crippen LogP contribution in [-0.2, 0) is 10.0 Å². The second-order valence-electron chi connectivity index (χ2n) is 3.68. The molecule has 0 aromatic heterocycles. The number of rotatable bonds is 4. The molecule has 0 aliphatic carbocycles. The van der Waals surface area contributed by atoms with Crippen molar-refractivity contribution in [3.05, 3.63) is 34.9 Å². The van der Waals surface area contributed by atoms with Gasteiger partial charge >= 0.3 is 0 Å². The number of benzene rings is 1. The van der Waals surface area contributed by atoms with Crippen LogP contribution in [0.25, 0.3) is 0 Å². The summed E-state index contributed by atoms with van der Waals surface area (Å²) in [6.45, 7) is 3.02. The van der Waals surface area contributed by atoms with Gasteiger partial charge in [0.05, 0.1) is 6.07 Å². The number of nitrogens with one attached hydrogen (secondary N) is 1. The number of hydrogen-bond acceptors (Lipinski definition) is 3. The van der Waals surface area contributed by atoms with Gasteiger partial charge < -0.3 is 0 Å². The lowest BCUT2D eigenvalue weighted by atomic mass is 10.1. The van der Waals surface area contributed by atoms with Crippen molar-refractivity contribution in [2.75, 3.05) is 0 Å². The molecular weight excluding hydrogens is 260 g/mol. The Bertz CT molecular complexity index is 537. The summed E-state index contributed by atoms with van der Waals surface area (Å²) in [4.78, 5) is 0. The minimum atomic E-state index is -3.64. The van der Waals surface area contributed by atoms with Gasteiger partial charge in [0.15, 0.2) is 5.25 Å². The number of sulfonamides is 1. The molecule has 6 heteroatoms. The minimum Gasteiger partial charge on any atom is -0.211 e. The highest BCUT2D eigenvalue weighted by Gasteiger charge is 2.23. The maximum atomic E-state index is 11.7. The molecule has 0 saturated carbocycles. The fourth-order valence-electron chi connectivity index (χ4n) is 1.31. The summed E-state index contributed by atoms with van der Waals surface area (Å²) in [5, 5.41) is 8.02. The molecule has 0 aliphatic heterocycles. The van der Waals surface area contributed by atoms with Crippen LogP contribution in [0.3, 0.4) is 0 Å². The van der Waals surface area contributed by atoms with Gasteiger partial charge in [0.1, 0.15) is 0 Å². The van der Waals surface area contributed by atoms with Crippen molar-refractivity contribution < 1.29 is 8.42 Å². The topological polar surface area (TPSA) is 70.0 Å². The molecule has 2 unspecified atom stereocenters. The van der Waals surface area contributed by atoms with Gasteiger partial charge in [-0.1, -0.05) is 29.8 Å². The van der Waals surface area contributed by atoms with Gasteiger partial charge in [-0.2, -0.15) is 5.26 Å². The number of nitrogens with zero attached hydrogens (tertiary/aromatic N) is 1. The van der Waals surface area contributed by atoms with Crippen LogP contribution < -0.4 is 4.72 Å². The maximum Gasteiger partial charge on any atom is 0.228 e. The van der Waals surface area contributed by atoms with Crippen molar-refractivity contribution in [2.24, 2.45) is 0 Å². The zero-order valence-electron chi connectivity index (χ0n) is 9.51. The van der Waals surface area contributed by atoms with E-state index in [-0.39, 0.29) is 0 Å². The molecule has 0 fully saturated rings. The summed E-state index contributed by atoms with van der Waals surface area (Å²) >= 11 is 5.96. The molecule has 0 spiro atoms. The van der Waals surface area contributed by atoms with Crippen LogP contribution in [0.1, 0.15) is 25.5 Å². The molecule has 0 aliphatic rings. The molecular formula is C11H13ClN2O2S. The van der Waals surface area contributed by atoms with Gasteiger partial charge in [0, 0.05) is 11.1 Å². The molecule has 1 rings (SSSR count). The SMILES string of the molecule is CC(NS(=O)(=O)C(C)C#N)c1ccccc1Cl. The van der Waals surface area contributed by atoms with Crippen molar-refractivity contribution >= 4 is 21.6 Å². The van der Waals surface area contributed by atoms with Crippen LogP contribution in [0.4, 0.5) is 0 Å². The van der Waals surface area contributed by atoms with Crippen molar-refractivity contribution in [1.82, 2.24) is 4.72 Å². The lowest BCUT2D eigenvalue weighted by Crippen LogP contribution is -2.33. The number of halogens is 1. The Kier molecular flexibility index (Phi) is 4.52. The Balaban J connectivity index is 2.92. The molecule has 1 aromatic rings. The molecule has 4 nitrogen and oxygen atoms in total. The third kappa shape index (κ3) is 3.43. The van der Waals surface area contributed by atoms with E-state index in [0.717, 1.165) is 0 Å². The summed E-state index contributed by atoms with van der Waals surface area (Å²) in [5.41, 5.74) is 0.683. The quantitative estimate of drug-likeness (QED) is 0.914. The molecule has 0 bridgehead atoms. The molecule has 1 N–H and O–H groups in total. The molecule has 92 valence electrons. The largest absolute Gasteiger partial charge is 0.228 e. The van der Waals surface area contributed by atoms with E-state index in [1.807, 2.05) is 0 Å². The number of hydrogen-bond donors (Lipinski definition) is 1. The van der Waals surface area contributed by atoms with E-state index >= 15 is 0 Å². The van der Waals surface area contributed by atoms with Crippen molar-refractivity contribution in [1.29, 1.82) is 5.26 Å². The Morgan fingerprint density at radius 1 is 1.35 bits per heavy atom. The lowest BCUT2D eigenvalue weighted by Gasteiger charge is -2.16. The van der Waals surface area contributed by atoms with Gasteiger partial charge in [-0.25, -0.2) is 13.1 Å². The van der Waals surface area contributed by atoms with Crippen LogP contribution >= 0.6 is 11.6 Å². The average molecular weight is 273 g/mol. The number of nitriles is 1. The first-order valence-electron chi connectivity index (χ1n) is 5.03. The van der Waals surface area contributed by atoms with E-state index in [1.54, 1.807) is 37.3 Å². The first-order chi connectivity index (χ1) is 7.88. The average Bonchev–Trinajstić information content (AvgIpc) is 2.27. The Hall–Kier alpha value is -1.09. The summed E-state index contributed by atoms with van der Waals surface area (Å²) in [7, 11) is -3.64. The Morgan fingerprint density at radius 2 is 1.94 bits per heavy atom. The smallest absolute Gasteiger partial charge is 0.211 e. The third-order valence-electron chi connectivity index (χ3n) is 2.36. The second kappa shape index (κ2) is 5.50. The van der Waals surface area contributed by atoms with Crippen LogP contribution in [0, 0.1) is 11.3 Å². The van der Waals surface area contributed by atoms with Gasteiger partial charge in [0.2, 0.25) is 10.0 Å². The zero-order valence-corrected chi connectivity index (χ0v) is 11.1. The molecule has 1 aromatic carbocycles. The monoisotopic (exact) mass is 272 g/mol. The van der Waals surface area contributed by atoms with Crippen LogP contribution in [0.2, 0.25) is 5.02 Å². The summed E-state index contributed by atoms with van der Waals surface area (Å²) < 4.78 is 25.8. The minimum absolute atomic E-state index is 0.468. The fraction of sp³-hybridized carbons (Fsp3) is 0.364. The van der Waals surface area contributed by atoms with Crippen molar-refractivity contribution in [3.63, 3.8) is 0 Å². The highest BCUT2D eigenvalue weighted by molar-refractivity contribution is 7.90. The van der Waals surface area contributed by atoms with Gasteiger partial charge in [-0.05, 0) is 25.5 Å². The van der Waals surface area contributed by atoms with E-state index in [2.05, 4.69) is 4.72 Å². The van der Waals surface area contributed by atoms with E-state index in [4.69, 9.17) is 16.9 Å². The van der Waals surface area contributed by atoms with Crippen molar-refractivity contribution in [2.45, 2.75) is 25.1 Å². The molecule has 17 heavy (non-hydrogen) atoms. The van der Waals surface area contributed by atoms with E-state index in [9.17, 15) is 8.42 Å². The standard InChI is InChI=1S/C11H13ClN2O2S/c1-8(7-13)17(15,16)14-9(2)10-5-3-4-6-11(10)12/h3-6,8-9,14H,1-2H3. The highest BCUT2D eigenvalue weighted by atomic mass is 35.5. The maximum absolute atomic E-state index is 11.7.